The molecule has 9 nitrogen and oxygen atoms in total. The average molecular weight is 402 g/mol. The summed E-state index contributed by atoms with van der Waals surface area (Å²) in [7, 11) is 0. The molecule has 9 heteroatoms. The number of carbonyl (C=O) groups is 4. The number of rotatable bonds is 6. The molecular formula is C20H22N2O7. The molecule has 2 amide bonds. The third-order valence-corrected chi connectivity index (χ3v) is 4.66. The molecule has 154 valence electrons. The molecule has 0 saturated heterocycles. The summed E-state index contributed by atoms with van der Waals surface area (Å²) >= 11 is 0. The van der Waals surface area contributed by atoms with E-state index in [4.69, 9.17) is 14.2 Å². The zero-order valence-corrected chi connectivity index (χ0v) is 16.2. The maximum absolute atomic E-state index is 12.5. The molecule has 0 bridgehead atoms. The molecule has 0 fully saturated rings. The lowest BCUT2D eigenvalue weighted by Gasteiger charge is -2.28. The zero-order chi connectivity index (χ0) is 21.0. The molecule has 3 rings (SSSR count). The first-order valence-electron chi connectivity index (χ1n) is 9.37. The molecule has 0 spiro atoms. The molecule has 0 aromatic heterocycles. The van der Waals surface area contributed by atoms with Gasteiger partial charge in [0.1, 0.15) is 6.61 Å². The highest BCUT2D eigenvalue weighted by Gasteiger charge is 2.35. The minimum Gasteiger partial charge on any atom is -0.463 e. The molecular weight excluding hydrogens is 380 g/mol. The number of amides is 2. The van der Waals surface area contributed by atoms with Crippen molar-refractivity contribution in [3.63, 3.8) is 0 Å². The fraction of sp³-hybridized carbons (Fsp3) is 0.400. The van der Waals surface area contributed by atoms with Crippen molar-refractivity contribution in [3.05, 3.63) is 46.7 Å². The number of ether oxygens (including phenoxy) is 3. The monoisotopic (exact) mass is 402 g/mol. The summed E-state index contributed by atoms with van der Waals surface area (Å²) in [6.45, 7) is 3.28. The first kappa shape index (κ1) is 20.4. The Labute approximate surface area is 167 Å². The van der Waals surface area contributed by atoms with Crippen molar-refractivity contribution in [3.8, 4) is 0 Å². The van der Waals surface area contributed by atoms with E-state index >= 15 is 0 Å². The SMILES string of the molecule is CCOC(=O)C1=C(COC(=O)[C@@H]2Cc3ccccc3C(=O)O2)NC(=O)N[C@H]1CC. The van der Waals surface area contributed by atoms with Crippen LogP contribution in [0.2, 0.25) is 0 Å². The Morgan fingerprint density at radius 2 is 1.93 bits per heavy atom. The molecule has 2 aliphatic rings. The standard InChI is InChI=1S/C20H22N2O7/c1-3-13-16(19(25)27-4-2)14(22-20(26)21-13)10-28-18(24)15-9-11-7-5-6-8-12(11)17(23)29-15/h5-8,13,15H,3-4,9-10H2,1-2H3,(H2,21,22,26)/t13-,15-/m0/s1. The quantitative estimate of drug-likeness (QED) is 0.542. The third-order valence-electron chi connectivity index (χ3n) is 4.66. The maximum Gasteiger partial charge on any atom is 0.348 e. The lowest BCUT2D eigenvalue weighted by molar-refractivity contribution is -0.153. The van der Waals surface area contributed by atoms with Crippen molar-refractivity contribution in [1.29, 1.82) is 0 Å². The smallest absolute Gasteiger partial charge is 0.348 e. The highest BCUT2D eigenvalue weighted by molar-refractivity contribution is 5.96. The molecule has 2 heterocycles. The van der Waals surface area contributed by atoms with Gasteiger partial charge in [-0.1, -0.05) is 25.1 Å². The van der Waals surface area contributed by atoms with Crippen LogP contribution in [0.3, 0.4) is 0 Å². The van der Waals surface area contributed by atoms with Crippen molar-refractivity contribution >= 4 is 23.9 Å². The van der Waals surface area contributed by atoms with E-state index < -0.39 is 36.1 Å². The number of esters is 3. The second-order valence-electron chi connectivity index (χ2n) is 6.53. The predicted octanol–water partition coefficient (Wildman–Crippen LogP) is 1.22. The minimum absolute atomic E-state index is 0.148. The lowest BCUT2D eigenvalue weighted by Crippen LogP contribution is -2.51. The van der Waals surface area contributed by atoms with Gasteiger partial charge in [0.15, 0.2) is 0 Å². The summed E-state index contributed by atoms with van der Waals surface area (Å²) in [4.78, 5) is 48.8. The molecule has 0 unspecified atom stereocenters. The van der Waals surface area contributed by atoms with Gasteiger partial charge in [-0.25, -0.2) is 19.2 Å². The number of benzene rings is 1. The van der Waals surface area contributed by atoms with Gasteiger partial charge in [0.2, 0.25) is 6.10 Å². The Morgan fingerprint density at radius 1 is 1.17 bits per heavy atom. The van der Waals surface area contributed by atoms with Crippen LogP contribution in [0, 0.1) is 0 Å². The van der Waals surface area contributed by atoms with E-state index in [1.54, 1.807) is 38.1 Å². The van der Waals surface area contributed by atoms with E-state index in [1.807, 2.05) is 0 Å². The largest absolute Gasteiger partial charge is 0.463 e. The van der Waals surface area contributed by atoms with Crippen LogP contribution in [-0.2, 0) is 30.2 Å². The molecule has 0 aliphatic carbocycles. The van der Waals surface area contributed by atoms with E-state index in [0.29, 0.717) is 17.5 Å². The Bertz CT molecular complexity index is 877. The van der Waals surface area contributed by atoms with E-state index in [9.17, 15) is 19.2 Å². The summed E-state index contributed by atoms with van der Waals surface area (Å²) in [6, 6.07) is 5.80. The molecule has 0 radical (unpaired) electrons. The fourth-order valence-electron chi connectivity index (χ4n) is 3.27. The summed E-state index contributed by atoms with van der Waals surface area (Å²) in [5.41, 5.74) is 1.46. The first-order valence-corrected chi connectivity index (χ1v) is 9.37. The number of urea groups is 1. The van der Waals surface area contributed by atoms with Gasteiger partial charge in [0.25, 0.3) is 0 Å². The van der Waals surface area contributed by atoms with Crippen LogP contribution in [0.5, 0.6) is 0 Å². The molecule has 29 heavy (non-hydrogen) atoms. The maximum atomic E-state index is 12.5. The number of cyclic esters (lactones) is 1. The van der Waals surface area contributed by atoms with Gasteiger partial charge >= 0.3 is 23.9 Å². The Morgan fingerprint density at radius 3 is 2.66 bits per heavy atom. The van der Waals surface area contributed by atoms with Gasteiger partial charge in [-0.05, 0) is 25.0 Å². The number of nitrogens with one attached hydrogen (secondary N) is 2. The Kier molecular flexibility index (Phi) is 6.16. The molecule has 2 aliphatic heterocycles. The van der Waals surface area contributed by atoms with Crippen molar-refractivity contribution in [2.45, 2.75) is 38.8 Å². The van der Waals surface area contributed by atoms with Crippen LogP contribution in [0.15, 0.2) is 35.5 Å². The van der Waals surface area contributed by atoms with E-state index in [1.165, 1.54) is 0 Å². The Hall–Kier alpha value is -3.36. The van der Waals surface area contributed by atoms with E-state index in [-0.39, 0.29) is 30.9 Å². The first-order chi connectivity index (χ1) is 13.9. The van der Waals surface area contributed by atoms with Gasteiger partial charge in [-0.15, -0.1) is 0 Å². The van der Waals surface area contributed by atoms with Crippen LogP contribution in [0.1, 0.15) is 36.2 Å². The summed E-state index contributed by atoms with van der Waals surface area (Å²) in [5.74, 6) is -1.96. The topological polar surface area (TPSA) is 120 Å². The second-order valence-corrected chi connectivity index (χ2v) is 6.53. The minimum atomic E-state index is -1.09. The number of carbonyl (C=O) groups excluding carboxylic acids is 4. The van der Waals surface area contributed by atoms with Crippen molar-refractivity contribution in [1.82, 2.24) is 10.6 Å². The molecule has 1 aromatic carbocycles. The molecule has 2 N–H and O–H groups in total. The summed E-state index contributed by atoms with van der Waals surface area (Å²) in [6.07, 6.45) is -0.449. The van der Waals surface area contributed by atoms with Gasteiger partial charge in [-0.2, -0.15) is 0 Å². The normalized spacial score (nSPS) is 20.8. The summed E-state index contributed by atoms with van der Waals surface area (Å²) in [5, 5.41) is 5.13. The van der Waals surface area contributed by atoms with Crippen molar-refractivity contribution < 1.29 is 33.4 Å². The fourth-order valence-corrected chi connectivity index (χ4v) is 3.27. The van der Waals surface area contributed by atoms with Gasteiger partial charge < -0.3 is 24.8 Å². The number of fused-ring (bicyclic) bond motifs is 1. The van der Waals surface area contributed by atoms with E-state index in [2.05, 4.69) is 10.6 Å². The van der Waals surface area contributed by atoms with Crippen LogP contribution in [-0.4, -0.2) is 49.3 Å². The summed E-state index contributed by atoms with van der Waals surface area (Å²) < 4.78 is 15.5. The van der Waals surface area contributed by atoms with Gasteiger partial charge in [0, 0.05) is 6.42 Å². The third kappa shape index (κ3) is 4.39. The van der Waals surface area contributed by atoms with Crippen LogP contribution < -0.4 is 10.6 Å². The van der Waals surface area contributed by atoms with E-state index in [0.717, 1.165) is 0 Å². The molecule has 2 atom stereocenters. The van der Waals surface area contributed by atoms with Crippen LogP contribution in [0.25, 0.3) is 0 Å². The molecule has 1 aromatic rings. The lowest BCUT2D eigenvalue weighted by atomic mass is 9.98. The van der Waals surface area contributed by atoms with Crippen molar-refractivity contribution in [2.75, 3.05) is 13.2 Å². The van der Waals surface area contributed by atoms with Crippen molar-refractivity contribution in [2.24, 2.45) is 0 Å². The van der Waals surface area contributed by atoms with Crippen LogP contribution >= 0.6 is 0 Å². The second kappa shape index (κ2) is 8.76. The number of hydrogen-bond donors (Lipinski definition) is 2. The predicted molar refractivity (Wildman–Crippen MR) is 99.7 cm³/mol. The van der Waals surface area contributed by atoms with Crippen LogP contribution in [0.4, 0.5) is 4.79 Å². The number of hydrogen-bond acceptors (Lipinski definition) is 7. The zero-order valence-electron chi connectivity index (χ0n) is 16.2. The highest BCUT2D eigenvalue weighted by Crippen LogP contribution is 2.22. The average Bonchev–Trinajstić information content (AvgIpc) is 2.71. The molecule has 0 saturated carbocycles. The highest BCUT2D eigenvalue weighted by atomic mass is 16.6. The van der Waals surface area contributed by atoms with Gasteiger partial charge in [0.05, 0.1) is 29.5 Å². The van der Waals surface area contributed by atoms with Gasteiger partial charge in [-0.3, -0.25) is 0 Å². The Balaban J connectivity index is 1.74.